The number of nitrogens with zero attached hydrogens (tertiary/aromatic N) is 2. The Balaban J connectivity index is 2.00. The van der Waals surface area contributed by atoms with Crippen molar-refractivity contribution in [2.24, 2.45) is 0 Å². The number of rotatable bonds is 3. The van der Waals surface area contributed by atoms with E-state index in [0.29, 0.717) is 5.92 Å². The van der Waals surface area contributed by atoms with Crippen LogP contribution in [0.2, 0.25) is 0 Å². The quantitative estimate of drug-likeness (QED) is 0.843. The first-order valence-corrected chi connectivity index (χ1v) is 6.45. The smallest absolute Gasteiger partial charge is 0.195 e. The van der Waals surface area contributed by atoms with Crippen LogP contribution in [0.3, 0.4) is 0 Å². The number of nitrogens with one attached hydrogen (secondary N) is 1. The number of fused-ring (bicyclic) bond motifs is 1. The summed E-state index contributed by atoms with van der Waals surface area (Å²) < 4.78 is 2.88. The van der Waals surface area contributed by atoms with E-state index in [1.807, 2.05) is 0 Å². The summed E-state index contributed by atoms with van der Waals surface area (Å²) >= 11 is 5.27. The molecular formula is C13H15N3S. The molecule has 3 rings (SSSR count). The van der Waals surface area contributed by atoms with Crippen LogP contribution >= 0.6 is 12.2 Å². The Bertz CT molecular complexity index is 597. The van der Waals surface area contributed by atoms with Gasteiger partial charge in [-0.2, -0.15) is 5.10 Å². The lowest BCUT2D eigenvalue weighted by molar-refractivity contribution is 0.570. The average Bonchev–Trinajstić information content (AvgIpc) is 2.64. The number of hydrogen-bond donors (Lipinski definition) is 1. The van der Waals surface area contributed by atoms with Crippen LogP contribution in [0.15, 0.2) is 24.3 Å². The fourth-order valence-corrected chi connectivity index (χ4v) is 2.76. The fraction of sp³-hybridized carbons (Fsp3) is 0.385. The summed E-state index contributed by atoms with van der Waals surface area (Å²) in [6.07, 6.45) is 2.16. The van der Waals surface area contributed by atoms with Crippen LogP contribution in [0.25, 0.3) is 0 Å². The highest BCUT2D eigenvalue weighted by atomic mass is 32.1. The first kappa shape index (κ1) is 10.7. The van der Waals surface area contributed by atoms with E-state index in [1.54, 1.807) is 0 Å². The van der Waals surface area contributed by atoms with E-state index in [4.69, 9.17) is 12.2 Å². The Hall–Kier alpha value is -1.42. The molecule has 1 N–H and O–H groups in total. The first-order valence-electron chi connectivity index (χ1n) is 6.04. The Kier molecular flexibility index (Phi) is 2.59. The van der Waals surface area contributed by atoms with Crippen molar-refractivity contribution in [2.75, 3.05) is 0 Å². The van der Waals surface area contributed by atoms with Crippen LogP contribution in [-0.2, 0) is 13.0 Å². The number of aromatic amines is 1. The standard InChI is InChI=1S/C13H15N3S/c1-2-7-16-12(14-15-13(16)17)11-8-9-5-3-4-6-10(9)11/h3-6,11H,2,7-8H2,1H3,(H,15,17). The van der Waals surface area contributed by atoms with Gasteiger partial charge in [0, 0.05) is 12.5 Å². The van der Waals surface area contributed by atoms with Crippen LogP contribution in [0.4, 0.5) is 0 Å². The minimum absolute atomic E-state index is 0.422. The molecule has 4 heteroatoms. The summed E-state index contributed by atoms with van der Waals surface area (Å²) in [6.45, 7) is 3.11. The Morgan fingerprint density at radius 2 is 2.29 bits per heavy atom. The van der Waals surface area contributed by atoms with Crippen molar-refractivity contribution in [2.45, 2.75) is 32.2 Å². The van der Waals surface area contributed by atoms with Crippen LogP contribution in [-0.4, -0.2) is 14.8 Å². The lowest BCUT2D eigenvalue weighted by Gasteiger charge is -2.29. The molecule has 1 aliphatic carbocycles. The van der Waals surface area contributed by atoms with Crippen molar-refractivity contribution in [1.29, 1.82) is 0 Å². The van der Waals surface area contributed by atoms with Gasteiger partial charge in [-0.05, 0) is 36.2 Å². The van der Waals surface area contributed by atoms with Gasteiger partial charge in [0.05, 0.1) is 0 Å². The molecule has 0 radical (unpaired) electrons. The second-order valence-electron chi connectivity index (χ2n) is 4.49. The van der Waals surface area contributed by atoms with Gasteiger partial charge in [0.25, 0.3) is 0 Å². The van der Waals surface area contributed by atoms with Crippen molar-refractivity contribution in [1.82, 2.24) is 14.8 Å². The van der Waals surface area contributed by atoms with E-state index in [0.717, 1.165) is 30.0 Å². The molecule has 3 nitrogen and oxygen atoms in total. The maximum absolute atomic E-state index is 5.27. The lowest BCUT2D eigenvalue weighted by atomic mass is 9.77. The molecule has 2 aromatic rings. The molecule has 17 heavy (non-hydrogen) atoms. The minimum Gasteiger partial charge on any atom is -0.304 e. The molecule has 88 valence electrons. The molecule has 0 saturated heterocycles. The van der Waals surface area contributed by atoms with Gasteiger partial charge in [0.1, 0.15) is 5.82 Å². The number of H-pyrrole nitrogens is 1. The molecule has 0 amide bonds. The van der Waals surface area contributed by atoms with Crippen LogP contribution in [0.5, 0.6) is 0 Å². The van der Waals surface area contributed by atoms with E-state index in [-0.39, 0.29) is 0 Å². The largest absolute Gasteiger partial charge is 0.304 e. The predicted molar refractivity (Wildman–Crippen MR) is 69.7 cm³/mol. The van der Waals surface area contributed by atoms with E-state index >= 15 is 0 Å². The molecule has 0 saturated carbocycles. The minimum atomic E-state index is 0.422. The summed E-state index contributed by atoms with van der Waals surface area (Å²) in [5, 5.41) is 7.32. The number of benzene rings is 1. The topological polar surface area (TPSA) is 33.6 Å². The highest BCUT2D eigenvalue weighted by molar-refractivity contribution is 7.71. The molecule has 1 atom stereocenters. The van der Waals surface area contributed by atoms with Crippen molar-refractivity contribution in [3.63, 3.8) is 0 Å². The number of hydrogen-bond acceptors (Lipinski definition) is 2. The Morgan fingerprint density at radius 1 is 1.47 bits per heavy atom. The summed E-state index contributed by atoms with van der Waals surface area (Å²) in [6, 6.07) is 8.57. The molecule has 1 unspecified atom stereocenters. The van der Waals surface area contributed by atoms with E-state index in [9.17, 15) is 0 Å². The van der Waals surface area contributed by atoms with Gasteiger partial charge in [-0.3, -0.25) is 5.10 Å². The van der Waals surface area contributed by atoms with Gasteiger partial charge in [0.15, 0.2) is 4.77 Å². The highest BCUT2D eigenvalue weighted by Gasteiger charge is 2.30. The van der Waals surface area contributed by atoms with Gasteiger partial charge < -0.3 is 4.57 Å². The average molecular weight is 245 g/mol. The maximum atomic E-state index is 5.27. The Morgan fingerprint density at radius 3 is 3.06 bits per heavy atom. The van der Waals surface area contributed by atoms with Crippen LogP contribution in [0.1, 0.15) is 36.2 Å². The summed E-state index contributed by atoms with van der Waals surface area (Å²) in [7, 11) is 0. The van der Waals surface area contributed by atoms with Gasteiger partial charge >= 0.3 is 0 Å². The van der Waals surface area contributed by atoms with Gasteiger partial charge in [-0.25, -0.2) is 0 Å². The van der Waals surface area contributed by atoms with Crippen molar-refractivity contribution < 1.29 is 0 Å². The zero-order valence-corrected chi connectivity index (χ0v) is 10.6. The SMILES string of the molecule is CCCn1c(C2Cc3ccccc32)n[nH]c1=S. The first-order chi connectivity index (χ1) is 8.31. The third-order valence-electron chi connectivity index (χ3n) is 3.40. The third-order valence-corrected chi connectivity index (χ3v) is 3.71. The normalized spacial score (nSPS) is 17.6. The maximum Gasteiger partial charge on any atom is 0.195 e. The number of aromatic nitrogens is 3. The van der Waals surface area contributed by atoms with Crippen molar-refractivity contribution >= 4 is 12.2 Å². The summed E-state index contributed by atoms with van der Waals surface area (Å²) in [5.41, 5.74) is 2.84. The Labute approximate surface area is 105 Å². The predicted octanol–water partition coefficient (Wildman–Crippen LogP) is 3.04. The second kappa shape index (κ2) is 4.11. The highest BCUT2D eigenvalue weighted by Crippen LogP contribution is 2.38. The molecule has 1 aliphatic rings. The van der Waals surface area contributed by atoms with Gasteiger partial charge in [-0.1, -0.05) is 31.2 Å². The van der Waals surface area contributed by atoms with Crippen LogP contribution < -0.4 is 0 Å². The molecule has 0 bridgehead atoms. The zero-order valence-electron chi connectivity index (χ0n) is 9.81. The molecule has 0 aliphatic heterocycles. The molecule has 1 aromatic carbocycles. The van der Waals surface area contributed by atoms with Crippen molar-refractivity contribution in [3.8, 4) is 0 Å². The molecular weight excluding hydrogens is 230 g/mol. The summed E-state index contributed by atoms with van der Waals surface area (Å²) in [5.74, 6) is 1.52. The monoisotopic (exact) mass is 245 g/mol. The fourth-order valence-electron chi connectivity index (χ4n) is 2.52. The lowest BCUT2D eigenvalue weighted by Crippen LogP contribution is -2.22. The molecule has 0 spiro atoms. The van der Waals surface area contributed by atoms with E-state index < -0.39 is 0 Å². The van der Waals surface area contributed by atoms with E-state index in [1.165, 1.54) is 11.1 Å². The molecule has 1 heterocycles. The molecule has 0 fully saturated rings. The summed E-state index contributed by atoms with van der Waals surface area (Å²) in [4.78, 5) is 0. The third kappa shape index (κ3) is 1.63. The molecule has 1 aromatic heterocycles. The van der Waals surface area contributed by atoms with Crippen molar-refractivity contribution in [3.05, 3.63) is 46.0 Å². The van der Waals surface area contributed by atoms with Crippen LogP contribution in [0, 0.1) is 4.77 Å². The second-order valence-corrected chi connectivity index (χ2v) is 4.88. The van der Waals surface area contributed by atoms with E-state index in [2.05, 4.69) is 46.0 Å². The van der Waals surface area contributed by atoms with Gasteiger partial charge in [-0.15, -0.1) is 0 Å². The van der Waals surface area contributed by atoms with Gasteiger partial charge in [0.2, 0.25) is 0 Å². The zero-order chi connectivity index (χ0) is 11.8.